The molecular weight excluding hydrogens is 430 g/mol. The second-order valence-electron chi connectivity index (χ2n) is 8.64. The largest absolute Gasteiger partial charge is 0.342 e. The molecule has 1 unspecified atom stereocenters. The minimum atomic E-state index is -0.176. The number of halogens is 1. The molecule has 2 fully saturated rings. The van der Waals surface area contributed by atoms with Crippen LogP contribution in [0.1, 0.15) is 48.0 Å². The Morgan fingerprint density at radius 3 is 2.35 bits per heavy atom. The van der Waals surface area contributed by atoms with Crippen LogP contribution in [0.5, 0.6) is 0 Å². The summed E-state index contributed by atoms with van der Waals surface area (Å²) in [6.07, 6.45) is 6.55. The molecule has 1 spiro atoms. The average Bonchev–Trinajstić information content (AvgIpc) is 3.22. The van der Waals surface area contributed by atoms with E-state index in [1.54, 1.807) is 6.20 Å². The smallest absolute Gasteiger partial charge is 0.256 e. The Kier molecular flexibility index (Phi) is 6.58. The maximum atomic E-state index is 13.1. The number of thioether (sulfide) groups is 1. The quantitative estimate of drug-likeness (QED) is 0.623. The first-order valence-corrected chi connectivity index (χ1v) is 12.4. The van der Waals surface area contributed by atoms with Gasteiger partial charge in [0.2, 0.25) is 5.91 Å². The fraction of sp³-hybridized carbons (Fsp3) is 0.458. The molecule has 2 aliphatic rings. The van der Waals surface area contributed by atoms with Crippen LogP contribution in [0.3, 0.4) is 0 Å². The molecule has 2 aliphatic heterocycles. The zero-order valence-corrected chi connectivity index (χ0v) is 19.6. The Morgan fingerprint density at radius 1 is 1.06 bits per heavy atom. The number of hydrogen-bond acceptors (Lipinski definition) is 4. The van der Waals surface area contributed by atoms with E-state index in [-0.39, 0.29) is 23.1 Å². The minimum absolute atomic E-state index is 0.0644. The van der Waals surface area contributed by atoms with Crippen LogP contribution in [0.4, 0.5) is 0 Å². The van der Waals surface area contributed by atoms with E-state index in [0.717, 1.165) is 56.0 Å². The first kappa shape index (κ1) is 22.2. The summed E-state index contributed by atoms with van der Waals surface area (Å²) in [5.41, 5.74) is 1.81. The van der Waals surface area contributed by atoms with Crippen molar-refractivity contribution in [3.8, 4) is 0 Å². The molecule has 2 saturated heterocycles. The molecule has 0 bridgehead atoms. The van der Waals surface area contributed by atoms with E-state index in [9.17, 15) is 9.59 Å². The molecule has 2 aromatic rings. The molecule has 1 aromatic carbocycles. The fourth-order valence-electron chi connectivity index (χ4n) is 4.77. The molecule has 0 saturated carbocycles. The van der Waals surface area contributed by atoms with Crippen molar-refractivity contribution >= 4 is 35.2 Å². The number of benzene rings is 1. The number of likely N-dealkylation sites (tertiary alicyclic amines) is 2. The van der Waals surface area contributed by atoms with E-state index in [2.05, 4.69) is 4.98 Å². The second kappa shape index (κ2) is 9.21. The summed E-state index contributed by atoms with van der Waals surface area (Å²) in [5.74, 6) is 0.0666. The molecule has 7 heteroatoms. The molecule has 0 aliphatic carbocycles. The third-order valence-corrected chi connectivity index (χ3v) is 7.76. The number of piperidine rings is 1. The van der Waals surface area contributed by atoms with E-state index in [4.69, 9.17) is 11.6 Å². The maximum absolute atomic E-state index is 13.1. The first-order valence-electron chi connectivity index (χ1n) is 10.7. The summed E-state index contributed by atoms with van der Waals surface area (Å²) < 4.78 is 0. The molecule has 0 N–H and O–H groups in total. The van der Waals surface area contributed by atoms with Gasteiger partial charge in [-0.25, -0.2) is 4.98 Å². The van der Waals surface area contributed by atoms with Gasteiger partial charge in [0.1, 0.15) is 5.03 Å². The van der Waals surface area contributed by atoms with Crippen molar-refractivity contribution in [3.63, 3.8) is 0 Å². The van der Waals surface area contributed by atoms with Gasteiger partial charge >= 0.3 is 0 Å². The van der Waals surface area contributed by atoms with Crippen molar-refractivity contribution < 1.29 is 9.59 Å². The summed E-state index contributed by atoms with van der Waals surface area (Å²) >= 11 is 7.48. The molecule has 31 heavy (non-hydrogen) atoms. The van der Waals surface area contributed by atoms with Crippen molar-refractivity contribution in [1.82, 2.24) is 14.8 Å². The van der Waals surface area contributed by atoms with E-state index >= 15 is 0 Å². The Labute approximate surface area is 193 Å². The zero-order chi connectivity index (χ0) is 22.0. The predicted octanol–water partition coefficient (Wildman–Crippen LogP) is 4.72. The Bertz CT molecular complexity index is 958. The van der Waals surface area contributed by atoms with Gasteiger partial charge in [0.25, 0.3) is 5.91 Å². The van der Waals surface area contributed by atoms with Crippen molar-refractivity contribution in [1.29, 1.82) is 0 Å². The molecule has 5 nitrogen and oxygen atoms in total. The Morgan fingerprint density at radius 2 is 1.71 bits per heavy atom. The second-order valence-corrected chi connectivity index (χ2v) is 9.87. The number of hydrogen-bond donors (Lipinski definition) is 0. The van der Waals surface area contributed by atoms with Crippen LogP contribution in [0.25, 0.3) is 0 Å². The lowest BCUT2D eigenvalue weighted by molar-refractivity contribution is -0.132. The average molecular weight is 458 g/mol. The lowest BCUT2D eigenvalue weighted by atomic mass is 9.77. The summed E-state index contributed by atoms with van der Waals surface area (Å²) in [7, 11) is 0. The van der Waals surface area contributed by atoms with Gasteiger partial charge < -0.3 is 9.80 Å². The number of rotatable bonds is 4. The van der Waals surface area contributed by atoms with Gasteiger partial charge in [-0.05, 0) is 67.7 Å². The van der Waals surface area contributed by atoms with Crippen LogP contribution in [-0.2, 0) is 4.79 Å². The van der Waals surface area contributed by atoms with E-state index in [1.807, 2.05) is 59.4 Å². The number of nitrogens with zero attached hydrogens (tertiary/aromatic N) is 3. The molecule has 1 aromatic heterocycles. The number of aromatic nitrogens is 1. The van der Waals surface area contributed by atoms with Gasteiger partial charge in [-0.3, -0.25) is 9.59 Å². The normalized spacial score (nSPS) is 18.9. The zero-order valence-electron chi connectivity index (χ0n) is 18.0. The van der Waals surface area contributed by atoms with Gasteiger partial charge in [-0.2, -0.15) is 0 Å². The number of pyridine rings is 1. The Hall–Kier alpha value is -2.05. The minimum Gasteiger partial charge on any atom is -0.342 e. The van der Waals surface area contributed by atoms with Gasteiger partial charge in [-0.1, -0.05) is 23.7 Å². The maximum Gasteiger partial charge on any atom is 0.256 e. The molecule has 0 radical (unpaired) electrons. The standard InChI is InChI=1S/C24H28ClN3O2S/c1-17(18-5-7-19(25)8-6-18)22(29)28-15-11-24(16-28)9-13-27(14-10-24)23(30)20-4-3-12-26-21(20)31-2/h3-8,12,17H,9-11,13-16H2,1-2H3. The molecular formula is C24H28ClN3O2S. The lowest BCUT2D eigenvalue weighted by Crippen LogP contribution is -2.45. The van der Waals surface area contributed by atoms with Crippen LogP contribution >= 0.6 is 23.4 Å². The van der Waals surface area contributed by atoms with Crippen molar-refractivity contribution in [2.24, 2.45) is 5.41 Å². The SMILES string of the molecule is CSc1ncccc1C(=O)N1CCC2(CC1)CCN(C(=O)C(C)c1ccc(Cl)cc1)C2. The van der Waals surface area contributed by atoms with Crippen LogP contribution in [0.2, 0.25) is 5.02 Å². The van der Waals surface area contributed by atoms with E-state index in [0.29, 0.717) is 10.6 Å². The van der Waals surface area contributed by atoms with E-state index < -0.39 is 0 Å². The first-order chi connectivity index (χ1) is 14.9. The highest BCUT2D eigenvalue weighted by atomic mass is 35.5. The summed E-state index contributed by atoms with van der Waals surface area (Å²) in [6.45, 7) is 5.01. The molecule has 4 rings (SSSR count). The highest BCUT2D eigenvalue weighted by Gasteiger charge is 2.43. The van der Waals surface area contributed by atoms with Crippen LogP contribution in [0.15, 0.2) is 47.6 Å². The lowest BCUT2D eigenvalue weighted by Gasteiger charge is -2.39. The topological polar surface area (TPSA) is 53.5 Å². The van der Waals surface area contributed by atoms with Crippen LogP contribution in [0, 0.1) is 5.41 Å². The van der Waals surface area contributed by atoms with Gasteiger partial charge in [-0.15, -0.1) is 11.8 Å². The van der Waals surface area contributed by atoms with E-state index in [1.165, 1.54) is 11.8 Å². The third-order valence-electron chi connectivity index (χ3n) is 6.80. The highest BCUT2D eigenvalue weighted by molar-refractivity contribution is 7.98. The van der Waals surface area contributed by atoms with Gasteiger partial charge in [0, 0.05) is 37.4 Å². The number of amides is 2. The van der Waals surface area contributed by atoms with Crippen molar-refractivity contribution in [3.05, 3.63) is 58.7 Å². The van der Waals surface area contributed by atoms with Gasteiger partial charge in [0.15, 0.2) is 0 Å². The number of carbonyl (C=O) groups is 2. The van der Waals surface area contributed by atoms with Gasteiger partial charge in [0.05, 0.1) is 11.5 Å². The summed E-state index contributed by atoms with van der Waals surface area (Å²) in [6, 6.07) is 11.2. The third kappa shape index (κ3) is 4.60. The fourth-order valence-corrected chi connectivity index (χ4v) is 5.44. The molecule has 3 heterocycles. The summed E-state index contributed by atoms with van der Waals surface area (Å²) in [4.78, 5) is 34.4. The summed E-state index contributed by atoms with van der Waals surface area (Å²) in [5, 5.41) is 1.46. The van der Waals surface area contributed by atoms with Crippen LogP contribution < -0.4 is 0 Å². The molecule has 1 atom stereocenters. The molecule has 164 valence electrons. The predicted molar refractivity (Wildman–Crippen MR) is 125 cm³/mol. The van der Waals surface area contributed by atoms with Crippen molar-refractivity contribution in [2.45, 2.75) is 37.1 Å². The monoisotopic (exact) mass is 457 g/mol. The van der Waals surface area contributed by atoms with Crippen LogP contribution in [-0.4, -0.2) is 59.0 Å². The Balaban J connectivity index is 1.37. The number of carbonyl (C=O) groups excluding carboxylic acids is 2. The van der Waals surface area contributed by atoms with Crippen molar-refractivity contribution in [2.75, 3.05) is 32.4 Å². The molecule has 2 amide bonds. The highest BCUT2D eigenvalue weighted by Crippen LogP contribution is 2.41.